The first-order chi connectivity index (χ1) is 11.2. The van der Waals surface area contributed by atoms with Crippen LogP contribution >= 0.6 is 11.8 Å². The number of pyridine rings is 1. The quantitative estimate of drug-likeness (QED) is 0.382. The molecular formula is C17H26N2O3S. The van der Waals surface area contributed by atoms with E-state index in [9.17, 15) is 4.79 Å². The van der Waals surface area contributed by atoms with Gasteiger partial charge in [-0.25, -0.2) is 9.78 Å². The van der Waals surface area contributed by atoms with E-state index in [1.807, 2.05) is 18.2 Å². The van der Waals surface area contributed by atoms with Gasteiger partial charge in [0.1, 0.15) is 5.03 Å². The molecular weight excluding hydrogens is 312 g/mol. The Kier molecular flexibility index (Phi) is 10.1. The third-order valence-electron chi connectivity index (χ3n) is 3.27. The molecule has 1 aromatic heterocycles. The highest BCUT2D eigenvalue weighted by Gasteiger charge is 2.13. The van der Waals surface area contributed by atoms with Crippen LogP contribution in [0.2, 0.25) is 0 Å². The molecule has 0 saturated heterocycles. The van der Waals surface area contributed by atoms with Crippen LogP contribution < -0.4 is 0 Å². The van der Waals surface area contributed by atoms with Crippen molar-refractivity contribution >= 4 is 23.1 Å². The van der Waals surface area contributed by atoms with Gasteiger partial charge in [-0.2, -0.15) is 0 Å². The van der Waals surface area contributed by atoms with Crippen LogP contribution in [0, 0.1) is 5.92 Å². The lowest BCUT2D eigenvalue weighted by molar-refractivity contribution is 0.161. The fourth-order valence-corrected chi connectivity index (χ4v) is 2.59. The molecule has 1 heterocycles. The summed E-state index contributed by atoms with van der Waals surface area (Å²) in [5.74, 6) is 0.465. The predicted octanol–water partition coefficient (Wildman–Crippen LogP) is 4.92. The molecule has 1 aromatic rings. The van der Waals surface area contributed by atoms with Gasteiger partial charge in [-0.3, -0.25) is 0 Å². The standard InChI is InChI=1S/C17H26N2O3S/c1-4-7-10-14(5-2)13-22-17(19-16(20)21-6-3)23-15-11-8-9-12-18-15/h8-9,11-12,14H,4-7,10,13H2,1-3H3/b19-17-. The van der Waals surface area contributed by atoms with Crippen molar-refractivity contribution in [1.82, 2.24) is 4.98 Å². The number of carbonyl (C=O) groups excluding carboxylic acids is 1. The molecule has 6 heteroatoms. The lowest BCUT2D eigenvalue weighted by atomic mass is 10.0. The summed E-state index contributed by atoms with van der Waals surface area (Å²) in [5.41, 5.74) is 0. The first-order valence-corrected chi connectivity index (χ1v) is 8.98. The molecule has 0 aromatic carbocycles. The highest BCUT2D eigenvalue weighted by molar-refractivity contribution is 8.13. The zero-order chi connectivity index (χ0) is 16.9. The van der Waals surface area contributed by atoms with Crippen molar-refractivity contribution in [3.05, 3.63) is 24.4 Å². The second-order valence-corrected chi connectivity index (χ2v) is 6.05. The molecule has 1 amide bonds. The molecule has 128 valence electrons. The molecule has 1 atom stereocenters. The molecule has 0 aliphatic carbocycles. The van der Waals surface area contributed by atoms with Gasteiger partial charge >= 0.3 is 6.09 Å². The number of carbonyl (C=O) groups is 1. The molecule has 5 nitrogen and oxygen atoms in total. The van der Waals surface area contributed by atoms with E-state index in [-0.39, 0.29) is 11.8 Å². The van der Waals surface area contributed by atoms with Crippen LogP contribution in [0.4, 0.5) is 4.79 Å². The number of hydrogen-bond acceptors (Lipinski definition) is 5. The number of nitrogens with zero attached hydrogens (tertiary/aromatic N) is 2. The van der Waals surface area contributed by atoms with Gasteiger partial charge in [-0.1, -0.05) is 39.2 Å². The number of aromatic nitrogens is 1. The van der Waals surface area contributed by atoms with Gasteiger partial charge in [0.05, 0.1) is 13.2 Å². The van der Waals surface area contributed by atoms with Crippen molar-refractivity contribution in [2.24, 2.45) is 10.9 Å². The Labute approximate surface area is 142 Å². The fourth-order valence-electron chi connectivity index (χ4n) is 1.90. The largest absolute Gasteiger partial charge is 0.472 e. The molecule has 0 N–H and O–H groups in total. The van der Waals surface area contributed by atoms with Gasteiger partial charge in [0, 0.05) is 6.20 Å². The summed E-state index contributed by atoms with van der Waals surface area (Å²) in [6.45, 7) is 6.92. The number of hydrogen-bond donors (Lipinski definition) is 0. The molecule has 0 bridgehead atoms. The maximum atomic E-state index is 11.6. The average molecular weight is 338 g/mol. The monoisotopic (exact) mass is 338 g/mol. The van der Waals surface area contributed by atoms with Gasteiger partial charge in [0.2, 0.25) is 0 Å². The Morgan fingerprint density at radius 2 is 2.13 bits per heavy atom. The second-order valence-electron chi connectivity index (χ2n) is 5.07. The van der Waals surface area contributed by atoms with Gasteiger partial charge in [-0.15, -0.1) is 4.99 Å². The van der Waals surface area contributed by atoms with E-state index in [0.717, 1.165) is 17.9 Å². The lowest BCUT2D eigenvalue weighted by Crippen LogP contribution is -2.14. The molecule has 0 fully saturated rings. The average Bonchev–Trinajstić information content (AvgIpc) is 2.56. The van der Waals surface area contributed by atoms with Crippen molar-refractivity contribution in [2.45, 2.75) is 51.5 Å². The van der Waals surface area contributed by atoms with Crippen molar-refractivity contribution in [3.8, 4) is 0 Å². The maximum Gasteiger partial charge on any atom is 0.437 e. The van der Waals surface area contributed by atoms with Crippen LogP contribution in [0.1, 0.15) is 46.5 Å². The summed E-state index contributed by atoms with van der Waals surface area (Å²) in [6.07, 6.45) is 5.57. The lowest BCUT2D eigenvalue weighted by Gasteiger charge is -2.16. The first kappa shape index (κ1) is 19.5. The number of unbranched alkanes of at least 4 members (excludes halogenated alkanes) is 1. The van der Waals surface area contributed by atoms with Gasteiger partial charge in [0.15, 0.2) is 0 Å². The Hall–Kier alpha value is -1.56. The number of aliphatic imine (C=N–C) groups is 1. The predicted molar refractivity (Wildman–Crippen MR) is 93.8 cm³/mol. The second kappa shape index (κ2) is 11.9. The van der Waals surface area contributed by atoms with E-state index in [4.69, 9.17) is 9.47 Å². The van der Waals surface area contributed by atoms with Gasteiger partial charge in [-0.05, 0) is 43.2 Å². The summed E-state index contributed by atoms with van der Waals surface area (Å²) in [4.78, 5) is 19.7. The van der Waals surface area contributed by atoms with E-state index in [1.165, 1.54) is 24.6 Å². The maximum absolute atomic E-state index is 11.6. The van der Waals surface area contributed by atoms with Crippen LogP contribution in [0.15, 0.2) is 34.4 Å². The van der Waals surface area contributed by atoms with E-state index in [1.54, 1.807) is 13.1 Å². The minimum Gasteiger partial charge on any atom is -0.472 e. The highest BCUT2D eigenvalue weighted by atomic mass is 32.2. The summed E-state index contributed by atoms with van der Waals surface area (Å²) in [5, 5.41) is 1.02. The molecule has 1 rings (SSSR count). The normalized spacial score (nSPS) is 12.7. The van der Waals surface area contributed by atoms with Crippen LogP contribution in [-0.4, -0.2) is 29.5 Å². The van der Waals surface area contributed by atoms with Crippen LogP contribution in [0.25, 0.3) is 0 Å². The van der Waals surface area contributed by atoms with Crippen LogP contribution in [0.5, 0.6) is 0 Å². The summed E-state index contributed by atoms with van der Waals surface area (Å²) >= 11 is 1.24. The van der Waals surface area contributed by atoms with Crippen LogP contribution in [0.3, 0.4) is 0 Å². The van der Waals surface area contributed by atoms with Crippen molar-refractivity contribution < 1.29 is 14.3 Å². The number of amides is 1. The first-order valence-electron chi connectivity index (χ1n) is 8.16. The highest BCUT2D eigenvalue weighted by Crippen LogP contribution is 2.20. The van der Waals surface area contributed by atoms with E-state index in [0.29, 0.717) is 12.5 Å². The molecule has 0 spiro atoms. The summed E-state index contributed by atoms with van der Waals surface area (Å²) in [7, 11) is 0. The smallest absolute Gasteiger partial charge is 0.437 e. The Morgan fingerprint density at radius 3 is 2.74 bits per heavy atom. The zero-order valence-corrected chi connectivity index (χ0v) is 15.0. The Bertz CT molecular complexity index is 480. The molecule has 1 unspecified atom stereocenters. The van der Waals surface area contributed by atoms with Crippen molar-refractivity contribution in [1.29, 1.82) is 0 Å². The molecule has 0 aliphatic rings. The van der Waals surface area contributed by atoms with E-state index in [2.05, 4.69) is 23.8 Å². The number of ether oxygens (including phenoxy) is 2. The van der Waals surface area contributed by atoms with E-state index >= 15 is 0 Å². The topological polar surface area (TPSA) is 60.8 Å². The number of thioether (sulfide) groups is 1. The third kappa shape index (κ3) is 8.59. The molecule has 0 saturated carbocycles. The van der Waals surface area contributed by atoms with Crippen molar-refractivity contribution in [2.75, 3.05) is 13.2 Å². The third-order valence-corrected chi connectivity index (χ3v) is 4.10. The van der Waals surface area contributed by atoms with Crippen LogP contribution in [-0.2, 0) is 9.47 Å². The Balaban J connectivity index is 2.68. The number of rotatable bonds is 8. The molecule has 23 heavy (non-hydrogen) atoms. The Morgan fingerprint density at radius 1 is 1.30 bits per heavy atom. The minimum absolute atomic E-state index is 0.289. The molecule has 0 radical (unpaired) electrons. The SMILES string of the molecule is CCCCC(CC)CO/C(=N/C(=O)OCC)Sc1ccccn1. The minimum atomic E-state index is -0.632. The summed E-state index contributed by atoms with van der Waals surface area (Å²) in [6, 6.07) is 5.57. The van der Waals surface area contributed by atoms with Gasteiger partial charge in [0.25, 0.3) is 5.23 Å². The van der Waals surface area contributed by atoms with Gasteiger partial charge < -0.3 is 9.47 Å². The van der Waals surface area contributed by atoms with E-state index < -0.39 is 6.09 Å². The molecule has 0 aliphatic heterocycles. The zero-order valence-electron chi connectivity index (χ0n) is 14.2. The fraction of sp³-hybridized carbons (Fsp3) is 0.588. The van der Waals surface area contributed by atoms with Crippen molar-refractivity contribution in [3.63, 3.8) is 0 Å². The summed E-state index contributed by atoms with van der Waals surface area (Å²) < 4.78 is 10.7.